The molecule has 4 rings (SSSR count). The van der Waals surface area contributed by atoms with E-state index in [1.54, 1.807) is 12.1 Å². The summed E-state index contributed by atoms with van der Waals surface area (Å²) >= 11 is 0. The Bertz CT molecular complexity index is 1240. The second-order valence-electron chi connectivity index (χ2n) is 7.89. The van der Waals surface area contributed by atoms with E-state index in [0.29, 0.717) is 31.9 Å². The highest BCUT2D eigenvalue weighted by Gasteiger charge is 2.31. The second kappa shape index (κ2) is 9.70. The molecule has 1 amide bonds. The van der Waals surface area contributed by atoms with Crippen molar-refractivity contribution in [3.8, 4) is 11.4 Å². The fourth-order valence-corrected chi connectivity index (χ4v) is 3.83. The van der Waals surface area contributed by atoms with Gasteiger partial charge in [-0.25, -0.2) is 0 Å². The molecule has 1 fully saturated rings. The number of hydrogen-bond donors (Lipinski definition) is 1. The van der Waals surface area contributed by atoms with Gasteiger partial charge in [-0.15, -0.1) is 0 Å². The highest BCUT2D eigenvalue weighted by atomic mass is 19.4. The molecule has 0 unspecified atom stereocenters. The minimum atomic E-state index is -4.47. The van der Waals surface area contributed by atoms with Crippen molar-refractivity contribution < 1.29 is 27.4 Å². The SMILES string of the molecule is CNC(=O)c1ccc(N2CCN(Cc3nc(-c4cccc(C(F)(F)F)c4)no3)CC2)c([N+](=O)[O-])c1. The normalized spacial score (nSPS) is 14.7. The Morgan fingerprint density at radius 1 is 1.17 bits per heavy atom. The molecule has 0 bridgehead atoms. The topological polar surface area (TPSA) is 118 Å². The average Bonchev–Trinajstić information content (AvgIpc) is 3.31. The summed E-state index contributed by atoms with van der Waals surface area (Å²) in [5.74, 6) is -0.0862. The van der Waals surface area contributed by atoms with Crippen LogP contribution in [-0.2, 0) is 12.7 Å². The maximum absolute atomic E-state index is 13.0. The molecule has 0 atom stereocenters. The van der Waals surface area contributed by atoms with Crippen LogP contribution in [0, 0.1) is 10.1 Å². The van der Waals surface area contributed by atoms with Gasteiger partial charge in [0, 0.05) is 50.4 Å². The number of piperazine rings is 1. The summed E-state index contributed by atoms with van der Waals surface area (Å²) in [7, 11) is 1.45. The molecule has 1 aliphatic rings. The number of hydrogen-bond acceptors (Lipinski definition) is 8. The minimum Gasteiger partial charge on any atom is -0.363 e. The third kappa shape index (κ3) is 5.40. The zero-order chi connectivity index (χ0) is 25.2. The predicted octanol–water partition coefficient (Wildman–Crippen LogP) is 3.35. The van der Waals surface area contributed by atoms with Gasteiger partial charge in [-0.05, 0) is 24.3 Å². The van der Waals surface area contributed by atoms with Crippen molar-refractivity contribution in [2.45, 2.75) is 12.7 Å². The molecule has 35 heavy (non-hydrogen) atoms. The van der Waals surface area contributed by atoms with Gasteiger partial charge in [0.1, 0.15) is 5.69 Å². The number of halogens is 3. The Morgan fingerprint density at radius 3 is 2.57 bits per heavy atom. The van der Waals surface area contributed by atoms with Crippen molar-refractivity contribution >= 4 is 17.3 Å². The van der Waals surface area contributed by atoms with E-state index in [1.165, 1.54) is 25.2 Å². The Labute approximate surface area is 197 Å². The molecule has 10 nitrogen and oxygen atoms in total. The number of benzene rings is 2. The fraction of sp³-hybridized carbons (Fsp3) is 0.318. The highest BCUT2D eigenvalue weighted by Crippen LogP contribution is 2.32. The predicted molar refractivity (Wildman–Crippen MR) is 119 cm³/mol. The first kappa shape index (κ1) is 24.1. The number of nitro benzene ring substituents is 1. The van der Waals surface area contributed by atoms with Crippen LogP contribution < -0.4 is 10.2 Å². The number of carbonyl (C=O) groups is 1. The molecule has 3 aromatic rings. The monoisotopic (exact) mass is 490 g/mol. The van der Waals surface area contributed by atoms with E-state index in [4.69, 9.17) is 4.52 Å². The van der Waals surface area contributed by atoms with Gasteiger partial charge in [0.15, 0.2) is 0 Å². The summed E-state index contributed by atoms with van der Waals surface area (Å²) in [6.45, 7) is 2.33. The number of alkyl halides is 3. The Hall–Kier alpha value is -4.00. The average molecular weight is 490 g/mol. The number of aromatic nitrogens is 2. The first-order valence-electron chi connectivity index (χ1n) is 10.6. The molecule has 1 N–H and O–H groups in total. The van der Waals surface area contributed by atoms with Gasteiger partial charge >= 0.3 is 6.18 Å². The number of nitro groups is 1. The first-order valence-corrected chi connectivity index (χ1v) is 10.6. The number of nitrogens with one attached hydrogen (secondary N) is 1. The van der Waals surface area contributed by atoms with Crippen LogP contribution in [0.15, 0.2) is 47.0 Å². The smallest absolute Gasteiger partial charge is 0.363 e. The standard InChI is InChI=1S/C22H21F3N6O4/c1-26-21(32)15-5-6-17(18(12-15)31(33)34)30-9-7-29(8-10-30)13-19-27-20(28-35-19)14-3-2-4-16(11-14)22(23,24)25/h2-6,11-12H,7-10,13H2,1H3,(H,26,32). The number of anilines is 1. The van der Waals surface area contributed by atoms with E-state index in [0.717, 1.165) is 12.1 Å². The van der Waals surface area contributed by atoms with Crippen LogP contribution in [0.1, 0.15) is 21.8 Å². The largest absolute Gasteiger partial charge is 0.416 e. The molecule has 184 valence electrons. The Kier molecular flexibility index (Phi) is 6.69. The third-order valence-corrected chi connectivity index (χ3v) is 5.65. The second-order valence-corrected chi connectivity index (χ2v) is 7.89. The molecule has 2 heterocycles. The van der Waals surface area contributed by atoms with Crippen LogP contribution in [0.4, 0.5) is 24.5 Å². The minimum absolute atomic E-state index is 0.0663. The van der Waals surface area contributed by atoms with Crippen LogP contribution in [-0.4, -0.2) is 59.1 Å². The summed E-state index contributed by atoms with van der Waals surface area (Å²) in [4.78, 5) is 31.0. The van der Waals surface area contributed by atoms with E-state index in [9.17, 15) is 28.1 Å². The molecule has 0 radical (unpaired) electrons. The van der Waals surface area contributed by atoms with Gasteiger partial charge in [-0.1, -0.05) is 17.3 Å². The lowest BCUT2D eigenvalue weighted by Crippen LogP contribution is -2.46. The van der Waals surface area contributed by atoms with Crippen molar-refractivity contribution in [3.63, 3.8) is 0 Å². The van der Waals surface area contributed by atoms with Crippen molar-refractivity contribution in [3.05, 3.63) is 69.6 Å². The van der Waals surface area contributed by atoms with Gasteiger partial charge in [0.05, 0.1) is 17.0 Å². The van der Waals surface area contributed by atoms with E-state index in [2.05, 4.69) is 15.5 Å². The fourth-order valence-electron chi connectivity index (χ4n) is 3.83. The number of carbonyl (C=O) groups excluding carboxylic acids is 1. The summed E-state index contributed by atoms with van der Waals surface area (Å²) in [5, 5.41) is 17.8. The van der Waals surface area contributed by atoms with E-state index >= 15 is 0 Å². The Morgan fingerprint density at radius 2 is 1.91 bits per heavy atom. The molecule has 1 aliphatic heterocycles. The molecule has 0 saturated carbocycles. The van der Waals surface area contributed by atoms with Crippen LogP contribution in [0.25, 0.3) is 11.4 Å². The van der Waals surface area contributed by atoms with Crippen LogP contribution in [0.3, 0.4) is 0 Å². The van der Waals surface area contributed by atoms with Crippen molar-refractivity contribution in [1.82, 2.24) is 20.4 Å². The lowest BCUT2D eigenvalue weighted by molar-refractivity contribution is -0.384. The van der Waals surface area contributed by atoms with Crippen molar-refractivity contribution in [2.24, 2.45) is 0 Å². The molecular weight excluding hydrogens is 469 g/mol. The summed E-state index contributed by atoms with van der Waals surface area (Å²) in [6.07, 6.45) is -4.47. The zero-order valence-corrected chi connectivity index (χ0v) is 18.6. The molecule has 2 aromatic carbocycles. The van der Waals surface area contributed by atoms with Crippen LogP contribution in [0.5, 0.6) is 0 Å². The summed E-state index contributed by atoms with van der Waals surface area (Å²) in [5.41, 5.74) is -0.120. The summed E-state index contributed by atoms with van der Waals surface area (Å²) in [6, 6.07) is 9.07. The maximum Gasteiger partial charge on any atom is 0.416 e. The van der Waals surface area contributed by atoms with Crippen LogP contribution in [0.2, 0.25) is 0 Å². The number of nitrogens with zero attached hydrogens (tertiary/aromatic N) is 5. The zero-order valence-electron chi connectivity index (χ0n) is 18.6. The Balaban J connectivity index is 1.41. The first-order chi connectivity index (χ1) is 16.7. The van der Waals surface area contributed by atoms with Crippen LogP contribution >= 0.6 is 0 Å². The summed E-state index contributed by atoms with van der Waals surface area (Å²) < 4.78 is 44.1. The van der Waals surface area contributed by atoms with Gasteiger partial charge < -0.3 is 14.7 Å². The quantitative estimate of drug-likeness (QED) is 0.413. The number of amides is 1. The van der Waals surface area contributed by atoms with Gasteiger partial charge in [0.2, 0.25) is 11.7 Å². The molecule has 1 aromatic heterocycles. The van der Waals surface area contributed by atoms with Crippen molar-refractivity contribution in [1.29, 1.82) is 0 Å². The van der Waals surface area contributed by atoms with E-state index < -0.39 is 22.6 Å². The highest BCUT2D eigenvalue weighted by molar-refractivity contribution is 5.95. The molecular formula is C22H21F3N6O4. The third-order valence-electron chi connectivity index (χ3n) is 5.65. The lowest BCUT2D eigenvalue weighted by Gasteiger charge is -2.35. The number of rotatable bonds is 6. The lowest BCUT2D eigenvalue weighted by atomic mass is 10.1. The van der Waals surface area contributed by atoms with E-state index in [-0.39, 0.29) is 35.1 Å². The van der Waals surface area contributed by atoms with Gasteiger partial charge in [0.25, 0.3) is 11.6 Å². The van der Waals surface area contributed by atoms with Crippen molar-refractivity contribution in [2.75, 3.05) is 38.1 Å². The van der Waals surface area contributed by atoms with Gasteiger partial charge in [-0.3, -0.25) is 19.8 Å². The molecule has 13 heteroatoms. The van der Waals surface area contributed by atoms with E-state index in [1.807, 2.05) is 9.80 Å². The maximum atomic E-state index is 13.0. The van der Waals surface area contributed by atoms with Gasteiger partial charge in [-0.2, -0.15) is 18.2 Å². The molecule has 1 saturated heterocycles. The molecule has 0 aliphatic carbocycles. The molecule has 0 spiro atoms.